The van der Waals surface area contributed by atoms with E-state index >= 15 is 0 Å². The quantitative estimate of drug-likeness (QED) is 0.538. The Kier molecular flexibility index (Phi) is 9.31. The third-order valence-corrected chi connectivity index (χ3v) is 2.14. The minimum Gasteiger partial charge on any atom is -0.338 e. The van der Waals surface area contributed by atoms with Crippen molar-refractivity contribution in [3.63, 3.8) is 0 Å². The van der Waals surface area contributed by atoms with E-state index in [1.807, 2.05) is 0 Å². The molecule has 0 atom stereocenters. The lowest BCUT2D eigenvalue weighted by Crippen LogP contribution is -2.42. The molecule has 5 heteroatoms. The molecule has 0 fully saturated rings. The van der Waals surface area contributed by atoms with Gasteiger partial charge in [0.1, 0.15) is 0 Å². The second-order valence-electron chi connectivity index (χ2n) is 2.95. The Morgan fingerprint density at radius 2 is 1.86 bits per heavy atom. The van der Waals surface area contributed by atoms with Crippen molar-refractivity contribution in [3.8, 4) is 0 Å². The van der Waals surface area contributed by atoms with Crippen molar-refractivity contribution in [3.05, 3.63) is 0 Å². The monoisotopic (exact) mass is 240 g/mol. The van der Waals surface area contributed by atoms with Crippen LogP contribution in [-0.2, 0) is 0 Å². The number of hydrogen-bond acceptors (Lipinski definition) is 1. The number of carbonyl (C=O) groups excluding carboxylic acids is 1. The van der Waals surface area contributed by atoms with Gasteiger partial charge in [-0.05, 0) is 6.42 Å². The van der Waals surface area contributed by atoms with Crippen molar-refractivity contribution >= 4 is 29.2 Å². The maximum atomic E-state index is 11.5. The molecule has 0 rings (SSSR count). The summed E-state index contributed by atoms with van der Waals surface area (Å²) < 4.78 is 0. The van der Waals surface area contributed by atoms with Crippen LogP contribution in [0.3, 0.4) is 0 Å². The Balaban J connectivity index is 3.76. The molecule has 0 aromatic carbocycles. The summed E-state index contributed by atoms with van der Waals surface area (Å²) in [5.41, 5.74) is 0. The molecule has 0 radical (unpaired) electrons. The second-order valence-corrected chi connectivity index (χ2v) is 3.71. The lowest BCUT2D eigenvalue weighted by Gasteiger charge is -2.20. The molecule has 0 saturated carbocycles. The number of unbranched alkanes of at least 4 members (excludes halogenated alkanes) is 1. The molecule has 0 unspecified atom stereocenters. The van der Waals surface area contributed by atoms with Crippen LogP contribution in [0.25, 0.3) is 0 Å². The maximum absolute atomic E-state index is 11.5. The minimum atomic E-state index is -0.0697. The lowest BCUT2D eigenvalue weighted by molar-refractivity contribution is 0.204. The number of amides is 2. The van der Waals surface area contributed by atoms with E-state index in [2.05, 4.69) is 12.2 Å². The number of alkyl halides is 2. The van der Waals surface area contributed by atoms with Crippen LogP contribution in [0.5, 0.6) is 0 Å². The van der Waals surface area contributed by atoms with E-state index in [0.717, 1.165) is 19.4 Å². The van der Waals surface area contributed by atoms with Crippen LogP contribution in [0.1, 0.15) is 19.8 Å². The number of halogens is 2. The van der Waals surface area contributed by atoms with Gasteiger partial charge in [-0.25, -0.2) is 4.79 Å². The van der Waals surface area contributed by atoms with Crippen molar-refractivity contribution < 1.29 is 4.79 Å². The molecule has 0 aliphatic carbocycles. The minimum absolute atomic E-state index is 0.0697. The van der Waals surface area contributed by atoms with Gasteiger partial charge >= 0.3 is 6.03 Å². The largest absolute Gasteiger partial charge is 0.338 e. The highest BCUT2D eigenvalue weighted by Gasteiger charge is 2.10. The van der Waals surface area contributed by atoms with Crippen molar-refractivity contribution in [2.75, 3.05) is 31.4 Å². The van der Waals surface area contributed by atoms with E-state index in [1.54, 1.807) is 4.90 Å². The van der Waals surface area contributed by atoms with Crippen LogP contribution in [0.4, 0.5) is 4.79 Å². The van der Waals surface area contributed by atoms with Gasteiger partial charge in [-0.15, -0.1) is 23.2 Å². The number of nitrogens with zero attached hydrogens (tertiary/aromatic N) is 1. The lowest BCUT2D eigenvalue weighted by atomic mass is 10.3. The third kappa shape index (κ3) is 6.33. The fourth-order valence-electron chi connectivity index (χ4n) is 1.00. The maximum Gasteiger partial charge on any atom is 0.317 e. The van der Waals surface area contributed by atoms with E-state index in [4.69, 9.17) is 23.2 Å². The zero-order valence-electron chi connectivity index (χ0n) is 8.56. The molecular weight excluding hydrogens is 223 g/mol. The first kappa shape index (κ1) is 13.8. The SMILES string of the molecule is CCCCNC(=O)N(CCCl)CCCl. The number of carbonyl (C=O) groups is 1. The first-order chi connectivity index (χ1) is 6.76. The van der Waals surface area contributed by atoms with Gasteiger partial charge < -0.3 is 10.2 Å². The highest BCUT2D eigenvalue weighted by atomic mass is 35.5. The molecule has 0 aromatic heterocycles. The van der Waals surface area contributed by atoms with Crippen LogP contribution in [0.2, 0.25) is 0 Å². The van der Waals surface area contributed by atoms with Gasteiger partial charge in [0, 0.05) is 31.4 Å². The fraction of sp³-hybridized carbons (Fsp3) is 0.889. The topological polar surface area (TPSA) is 32.3 Å². The van der Waals surface area contributed by atoms with E-state index in [9.17, 15) is 4.79 Å². The molecule has 1 N–H and O–H groups in total. The van der Waals surface area contributed by atoms with Gasteiger partial charge in [-0.2, -0.15) is 0 Å². The summed E-state index contributed by atoms with van der Waals surface area (Å²) in [6, 6.07) is -0.0697. The Labute approximate surface area is 95.7 Å². The molecule has 3 nitrogen and oxygen atoms in total. The number of urea groups is 1. The smallest absolute Gasteiger partial charge is 0.317 e. The third-order valence-electron chi connectivity index (χ3n) is 1.80. The first-order valence-electron chi connectivity index (χ1n) is 4.91. The summed E-state index contributed by atoms with van der Waals surface area (Å²) >= 11 is 11.1. The molecule has 0 spiro atoms. The van der Waals surface area contributed by atoms with E-state index in [0.29, 0.717) is 24.8 Å². The molecule has 0 saturated heterocycles. The van der Waals surface area contributed by atoms with Gasteiger partial charge in [-0.3, -0.25) is 0 Å². The molecular formula is C9H18Cl2N2O. The zero-order valence-corrected chi connectivity index (χ0v) is 10.1. The molecule has 0 aliphatic rings. The molecule has 14 heavy (non-hydrogen) atoms. The Morgan fingerprint density at radius 1 is 1.29 bits per heavy atom. The molecule has 84 valence electrons. The summed E-state index contributed by atoms with van der Waals surface area (Å²) in [6.45, 7) is 3.90. The van der Waals surface area contributed by atoms with Crippen LogP contribution >= 0.6 is 23.2 Å². The standard InChI is InChI=1S/C9H18Cl2N2O/c1-2-3-6-12-9(14)13(7-4-10)8-5-11/h2-8H2,1H3,(H,12,14). The van der Waals surface area contributed by atoms with Gasteiger partial charge in [0.25, 0.3) is 0 Å². The van der Waals surface area contributed by atoms with E-state index in [-0.39, 0.29) is 6.03 Å². The summed E-state index contributed by atoms with van der Waals surface area (Å²) in [5.74, 6) is 0.885. The van der Waals surface area contributed by atoms with Crippen molar-refractivity contribution in [2.45, 2.75) is 19.8 Å². The molecule has 0 aliphatic heterocycles. The Morgan fingerprint density at radius 3 is 2.29 bits per heavy atom. The Hall–Kier alpha value is -0.150. The zero-order chi connectivity index (χ0) is 10.8. The first-order valence-corrected chi connectivity index (χ1v) is 5.97. The molecule has 0 aromatic rings. The second kappa shape index (κ2) is 9.41. The predicted molar refractivity (Wildman–Crippen MR) is 61.3 cm³/mol. The molecule has 0 bridgehead atoms. The molecule has 0 heterocycles. The number of rotatable bonds is 7. The van der Waals surface area contributed by atoms with E-state index < -0.39 is 0 Å². The van der Waals surface area contributed by atoms with Crippen molar-refractivity contribution in [1.82, 2.24) is 10.2 Å². The normalized spacial score (nSPS) is 9.93. The van der Waals surface area contributed by atoms with Crippen LogP contribution in [-0.4, -0.2) is 42.3 Å². The van der Waals surface area contributed by atoms with Crippen molar-refractivity contribution in [1.29, 1.82) is 0 Å². The van der Waals surface area contributed by atoms with E-state index in [1.165, 1.54) is 0 Å². The summed E-state index contributed by atoms with van der Waals surface area (Å²) in [6.07, 6.45) is 2.08. The van der Waals surface area contributed by atoms with Gasteiger partial charge in [-0.1, -0.05) is 13.3 Å². The summed E-state index contributed by atoms with van der Waals surface area (Å²) in [5, 5.41) is 2.82. The highest BCUT2D eigenvalue weighted by Crippen LogP contribution is 1.93. The van der Waals surface area contributed by atoms with Gasteiger partial charge in [0.15, 0.2) is 0 Å². The van der Waals surface area contributed by atoms with Gasteiger partial charge in [0.05, 0.1) is 0 Å². The Bertz CT molecular complexity index is 150. The predicted octanol–water partition coefficient (Wildman–Crippen LogP) is 2.28. The van der Waals surface area contributed by atoms with Crippen LogP contribution in [0.15, 0.2) is 0 Å². The summed E-state index contributed by atoms with van der Waals surface area (Å²) in [4.78, 5) is 13.1. The average molecular weight is 241 g/mol. The number of hydrogen-bond donors (Lipinski definition) is 1. The van der Waals surface area contributed by atoms with Crippen molar-refractivity contribution in [2.24, 2.45) is 0 Å². The average Bonchev–Trinajstić information content (AvgIpc) is 2.18. The van der Waals surface area contributed by atoms with Crippen LogP contribution in [0, 0.1) is 0 Å². The fourth-order valence-corrected chi connectivity index (χ4v) is 1.41. The van der Waals surface area contributed by atoms with Gasteiger partial charge in [0.2, 0.25) is 0 Å². The molecule has 2 amide bonds. The van der Waals surface area contributed by atoms with Crippen LogP contribution < -0.4 is 5.32 Å². The number of nitrogens with one attached hydrogen (secondary N) is 1. The highest BCUT2D eigenvalue weighted by molar-refractivity contribution is 6.18. The summed E-state index contributed by atoms with van der Waals surface area (Å²) in [7, 11) is 0.